The Morgan fingerprint density at radius 1 is 0.784 bits per heavy atom. The van der Waals surface area contributed by atoms with Crippen LogP contribution in [-0.2, 0) is 10.3 Å². The van der Waals surface area contributed by atoms with Gasteiger partial charge in [-0.25, -0.2) is 4.79 Å². The highest BCUT2D eigenvalue weighted by Crippen LogP contribution is 2.57. The summed E-state index contributed by atoms with van der Waals surface area (Å²) in [5.74, 6) is 1.16. The van der Waals surface area contributed by atoms with Crippen LogP contribution in [0.2, 0.25) is 0 Å². The number of rotatable bonds is 11. The van der Waals surface area contributed by atoms with Crippen molar-refractivity contribution in [2.75, 3.05) is 29.9 Å². The van der Waals surface area contributed by atoms with E-state index in [2.05, 4.69) is 49.2 Å². The van der Waals surface area contributed by atoms with Gasteiger partial charge in [-0.1, -0.05) is 69.4 Å². The maximum absolute atomic E-state index is 13.5. The predicted octanol–water partition coefficient (Wildman–Crippen LogP) is 7.87. The van der Waals surface area contributed by atoms with Crippen molar-refractivity contribution in [1.82, 2.24) is 0 Å². The number of nitrogens with one attached hydrogen (secondary N) is 1. The van der Waals surface area contributed by atoms with Gasteiger partial charge in [0.1, 0.15) is 11.5 Å². The van der Waals surface area contributed by atoms with Crippen LogP contribution in [0.4, 0.5) is 11.4 Å². The van der Waals surface area contributed by atoms with E-state index >= 15 is 0 Å². The Kier molecular flexibility index (Phi) is 7.40. The third-order valence-electron chi connectivity index (χ3n) is 7.70. The van der Waals surface area contributed by atoms with E-state index in [4.69, 9.17) is 9.47 Å². The van der Waals surface area contributed by atoms with Gasteiger partial charge in [0, 0.05) is 53.8 Å². The number of unbranched alkanes of at least 4 members (excludes halogenated alkanes) is 5. The number of ether oxygens (including phenoxy) is 2. The largest absolute Gasteiger partial charge is 0.456 e. The monoisotopic (exact) mass is 498 g/mol. The average molecular weight is 499 g/mol. The van der Waals surface area contributed by atoms with Crippen molar-refractivity contribution < 1.29 is 14.3 Å². The van der Waals surface area contributed by atoms with E-state index in [9.17, 15) is 4.79 Å². The molecule has 5 heteroatoms. The number of para-hydroxylation sites is 1. The summed E-state index contributed by atoms with van der Waals surface area (Å²) in [7, 11) is 0. The zero-order chi connectivity index (χ0) is 25.8. The van der Waals surface area contributed by atoms with Gasteiger partial charge in [-0.2, -0.15) is 0 Å². The van der Waals surface area contributed by atoms with Crippen LogP contribution >= 0.6 is 0 Å². The fourth-order valence-corrected chi connectivity index (χ4v) is 5.77. The number of hydrogen-bond donors (Lipinski definition) is 1. The number of fused-ring (bicyclic) bond motifs is 6. The predicted molar refractivity (Wildman–Crippen MR) is 150 cm³/mol. The Balaban J connectivity index is 1.53. The highest BCUT2D eigenvalue weighted by molar-refractivity contribution is 6.02. The molecule has 0 saturated carbocycles. The molecule has 3 aromatic carbocycles. The molecule has 5 rings (SSSR count). The van der Waals surface area contributed by atoms with Crippen molar-refractivity contribution in [1.29, 1.82) is 0 Å². The highest BCUT2D eigenvalue weighted by Gasteiger charge is 2.54. The van der Waals surface area contributed by atoms with Gasteiger partial charge >= 0.3 is 5.97 Å². The molecule has 1 spiro atoms. The van der Waals surface area contributed by atoms with E-state index in [1.807, 2.05) is 42.5 Å². The highest BCUT2D eigenvalue weighted by atomic mass is 16.6. The molecule has 1 unspecified atom stereocenters. The third kappa shape index (κ3) is 4.45. The second-order valence-electron chi connectivity index (χ2n) is 9.94. The molecule has 0 bridgehead atoms. The van der Waals surface area contributed by atoms with Crippen molar-refractivity contribution >= 4 is 17.3 Å². The van der Waals surface area contributed by atoms with Gasteiger partial charge in [0.15, 0.2) is 5.60 Å². The van der Waals surface area contributed by atoms with E-state index in [1.54, 1.807) is 0 Å². The summed E-state index contributed by atoms with van der Waals surface area (Å²) in [6.07, 6.45) is 7.40. The quantitative estimate of drug-likeness (QED) is 0.215. The molecule has 5 nitrogen and oxygen atoms in total. The molecule has 2 heterocycles. The molecule has 1 atom stereocenters. The smallest absolute Gasteiger partial charge is 0.342 e. The Hall–Kier alpha value is -3.47. The number of carbonyl (C=O) groups is 1. The molecule has 0 fully saturated rings. The van der Waals surface area contributed by atoms with Gasteiger partial charge in [-0.05, 0) is 44.5 Å². The molecule has 3 aromatic rings. The van der Waals surface area contributed by atoms with Crippen molar-refractivity contribution in [3.05, 3.63) is 82.9 Å². The normalized spacial score (nSPS) is 17.0. The van der Waals surface area contributed by atoms with E-state index in [0.29, 0.717) is 5.56 Å². The molecule has 2 aliphatic heterocycles. The Morgan fingerprint density at radius 2 is 1.51 bits per heavy atom. The van der Waals surface area contributed by atoms with Gasteiger partial charge in [0.05, 0.1) is 5.56 Å². The molecule has 0 saturated heterocycles. The first-order valence-electron chi connectivity index (χ1n) is 13.9. The van der Waals surface area contributed by atoms with E-state index < -0.39 is 5.60 Å². The summed E-state index contributed by atoms with van der Waals surface area (Å²) in [6.45, 7) is 9.19. The van der Waals surface area contributed by atoms with E-state index in [0.717, 1.165) is 65.6 Å². The van der Waals surface area contributed by atoms with E-state index in [1.165, 1.54) is 32.1 Å². The second-order valence-corrected chi connectivity index (χ2v) is 9.94. The van der Waals surface area contributed by atoms with Crippen molar-refractivity contribution in [3.8, 4) is 11.5 Å². The van der Waals surface area contributed by atoms with Gasteiger partial charge in [0.25, 0.3) is 0 Å². The van der Waals surface area contributed by atoms with Crippen molar-refractivity contribution in [2.24, 2.45) is 0 Å². The molecule has 2 aliphatic rings. The molecule has 1 N–H and O–H groups in total. The minimum Gasteiger partial charge on any atom is -0.456 e. The van der Waals surface area contributed by atoms with Gasteiger partial charge in [-0.15, -0.1) is 0 Å². The molecule has 0 aliphatic carbocycles. The summed E-state index contributed by atoms with van der Waals surface area (Å²) in [6, 6.07) is 20.2. The first kappa shape index (κ1) is 25.2. The molecular formula is C32H38N2O3. The third-order valence-corrected chi connectivity index (χ3v) is 7.70. The van der Waals surface area contributed by atoms with Crippen LogP contribution in [0.25, 0.3) is 0 Å². The standard InChI is InChI=1S/C32H38N2O3/c1-4-7-8-9-10-13-21-33-27-17-14-16-26-30(27)31(35)37-32(26)24-15-11-12-18-28(24)36-29-22-23(19-20-25(29)32)34(5-2)6-3/h11-12,14-20,22,33H,4-10,13,21H2,1-3H3. The van der Waals surface area contributed by atoms with Gasteiger partial charge in [0.2, 0.25) is 0 Å². The van der Waals surface area contributed by atoms with Crippen molar-refractivity contribution in [3.63, 3.8) is 0 Å². The molecule has 0 radical (unpaired) electrons. The van der Waals surface area contributed by atoms with Crippen LogP contribution in [0.15, 0.2) is 60.7 Å². The fraction of sp³-hybridized carbons (Fsp3) is 0.406. The van der Waals surface area contributed by atoms with Crippen LogP contribution in [-0.4, -0.2) is 25.6 Å². The summed E-state index contributed by atoms with van der Waals surface area (Å²) in [5, 5.41) is 3.54. The number of esters is 1. The van der Waals surface area contributed by atoms with E-state index in [-0.39, 0.29) is 5.97 Å². The average Bonchev–Trinajstić information content (AvgIpc) is 3.22. The summed E-state index contributed by atoms with van der Waals surface area (Å²) >= 11 is 0. The molecular weight excluding hydrogens is 460 g/mol. The zero-order valence-corrected chi connectivity index (χ0v) is 22.3. The first-order chi connectivity index (χ1) is 18.1. The van der Waals surface area contributed by atoms with Gasteiger partial charge < -0.3 is 19.7 Å². The van der Waals surface area contributed by atoms with Crippen LogP contribution < -0.4 is 15.0 Å². The minimum absolute atomic E-state index is 0.295. The lowest BCUT2D eigenvalue weighted by atomic mass is 9.77. The number of nitrogens with zero attached hydrogens (tertiary/aromatic N) is 1. The Labute approximate surface area is 220 Å². The first-order valence-corrected chi connectivity index (χ1v) is 13.9. The second kappa shape index (κ2) is 10.9. The Bertz CT molecular complexity index is 1270. The zero-order valence-electron chi connectivity index (χ0n) is 22.3. The summed E-state index contributed by atoms with van der Waals surface area (Å²) in [4.78, 5) is 15.8. The number of anilines is 2. The number of hydrogen-bond acceptors (Lipinski definition) is 5. The minimum atomic E-state index is -1.03. The maximum atomic E-state index is 13.5. The number of benzene rings is 3. The maximum Gasteiger partial charge on any atom is 0.342 e. The molecule has 37 heavy (non-hydrogen) atoms. The number of carbonyl (C=O) groups excluding carboxylic acids is 1. The molecule has 0 amide bonds. The summed E-state index contributed by atoms with van der Waals surface area (Å²) in [5.41, 5.74) is 4.13. The lowest BCUT2D eigenvalue weighted by Crippen LogP contribution is -2.33. The topological polar surface area (TPSA) is 50.8 Å². The SMILES string of the molecule is CCCCCCCCNc1cccc2c1C(=O)OC21c2ccccc2Oc2cc(N(CC)CC)ccc21. The van der Waals surface area contributed by atoms with Gasteiger partial charge in [-0.3, -0.25) is 0 Å². The Morgan fingerprint density at radius 3 is 2.32 bits per heavy atom. The molecule has 0 aromatic heterocycles. The van der Waals surface area contributed by atoms with Crippen LogP contribution in [0.3, 0.4) is 0 Å². The van der Waals surface area contributed by atoms with Crippen LogP contribution in [0, 0.1) is 0 Å². The van der Waals surface area contributed by atoms with Crippen molar-refractivity contribution in [2.45, 2.75) is 64.9 Å². The lowest BCUT2D eigenvalue weighted by molar-refractivity contribution is 0.0225. The van der Waals surface area contributed by atoms with Crippen LogP contribution in [0.1, 0.15) is 86.3 Å². The molecule has 194 valence electrons. The summed E-state index contributed by atoms with van der Waals surface area (Å²) < 4.78 is 12.8. The lowest BCUT2D eigenvalue weighted by Gasteiger charge is -2.37. The van der Waals surface area contributed by atoms with Crippen LogP contribution in [0.5, 0.6) is 11.5 Å². The fourth-order valence-electron chi connectivity index (χ4n) is 5.77.